The van der Waals surface area contributed by atoms with Crippen LogP contribution in [0.5, 0.6) is 0 Å². The summed E-state index contributed by atoms with van der Waals surface area (Å²) in [6.45, 7) is 4.98. The van der Waals surface area contributed by atoms with Crippen molar-refractivity contribution in [2.45, 2.75) is 32.2 Å². The van der Waals surface area contributed by atoms with E-state index in [1.807, 2.05) is 6.92 Å². The van der Waals surface area contributed by atoms with Crippen molar-refractivity contribution in [3.8, 4) is 11.1 Å². The number of nitrogens with zero attached hydrogens (tertiary/aromatic N) is 2. The SMILES string of the molecule is CC1C(CC(=O)Nc2ccc(-c3cc(F)cc(F)c3)cn2)CCN2C(=O)OCC12C. The zero-order chi connectivity index (χ0) is 21.5. The average Bonchev–Trinajstić information content (AvgIpc) is 3.00. The number of piperidine rings is 1. The van der Waals surface area contributed by atoms with Gasteiger partial charge >= 0.3 is 6.09 Å². The average molecular weight is 415 g/mol. The van der Waals surface area contributed by atoms with E-state index in [1.165, 1.54) is 18.3 Å². The summed E-state index contributed by atoms with van der Waals surface area (Å²) < 4.78 is 32.0. The molecule has 3 atom stereocenters. The number of amides is 2. The quantitative estimate of drug-likeness (QED) is 0.812. The molecule has 3 heterocycles. The van der Waals surface area contributed by atoms with E-state index in [2.05, 4.69) is 17.2 Å². The smallest absolute Gasteiger partial charge is 0.410 e. The second kappa shape index (κ2) is 7.66. The van der Waals surface area contributed by atoms with Crippen molar-refractivity contribution in [1.29, 1.82) is 0 Å². The Bertz CT molecular complexity index is 962. The molecule has 158 valence electrons. The number of ether oxygens (including phenoxy) is 1. The highest BCUT2D eigenvalue weighted by Gasteiger charge is 2.52. The topological polar surface area (TPSA) is 71.5 Å². The number of aromatic nitrogens is 1. The molecule has 2 aromatic rings. The molecular formula is C22H23F2N3O3. The molecule has 2 amide bonds. The summed E-state index contributed by atoms with van der Waals surface area (Å²) in [6.07, 6.45) is 2.23. The number of halogens is 2. The van der Waals surface area contributed by atoms with Gasteiger partial charge in [-0.15, -0.1) is 0 Å². The highest BCUT2D eigenvalue weighted by Crippen LogP contribution is 2.42. The van der Waals surface area contributed by atoms with Crippen LogP contribution >= 0.6 is 0 Å². The van der Waals surface area contributed by atoms with E-state index in [-0.39, 0.29) is 29.4 Å². The van der Waals surface area contributed by atoms with Gasteiger partial charge in [-0.3, -0.25) is 9.69 Å². The van der Waals surface area contributed by atoms with Crippen molar-refractivity contribution in [2.75, 3.05) is 18.5 Å². The second-order valence-electron chi connectivity index (χ2n) is 8.24. The lowest BCUT2D eigenvalue weighted by atomic mass is 9.72. The third-order valence-electron chi connectivity index (χ3n) is 6.41. The molecule has 1 aromatic carbocycles. The highest BCUT2D eigenvalue weighted by molar-refractivity contribution is 5.90. The molecule has 6 nitrogen and oxygen atoms in total. The van der Waals surface area contributed by atoms with Crippen LogP contribution in [0.25, 0.3) is 11.1 Å². The summed E-state index contributed by atoms with van der Waals surface area (Å²) in [5, 5.41) is 2.78. The molecule has 2 saturated heterocycles. The van der Waals surface area contributed by atoms with Crippen molar-refractivity contribution in [3.05, 3.63) is 48.2 Å². The lowest BCUT2D eigenvalue weighted by Gasteiger charge is -2.46. The Morgan fingerprint density at radius 1 is 1.27 bits per heavy atom. The van der Waals surface area contributed by atoms with Crippen molar-refractivity contribution < 1.29 is 23.1 Å². The zero-order valence-electron chi connectivity index (χ0n) is 16.8. The minimum absolute atomic E-state index is 0.113. The molecule has 2 aliphatic rings. The Kier molecular flexibility index (Phi) is 5.17. The van der Waals surface area contributed by atoms with Crippen molar-refractivity contribution >= 4 is 17.8 Å². The van der Waals surface area contributed by atoms with E-state index in [0.29, 0.717) is 36.5 Å². The number of pyridine rings is 1. The number of anilines is 1. The van der Waals surface area contributed by atoms with Crippen LogP contribution in [0, 0.1) is 23.5 Å². The van der Waals surface area contributed by atoms with Crippen LogP contribution in [0.3, 0.4) is 0 Å². The third kappa shape index (κ3) is 3.74. The summed E-state index contributed by atoms with van der Waals surface area (Å²) >= 11 is 0. The van der Waals surface area contributed by atoms with E-state index < -0.39 is 11.6 Å². The third-order valence-corrected chi connectivity index (χ3v) is 6.41. The summed E-state index contributed by atoms with van der Waals surface area (Å²) in [5.41, 5.74) is 0.534. The largest absolute Gasteiger partial charge is 0.447 e. The molecule has 1 N–H and O–H groups in total. The van der Waals surface area contributed by atoms with Crippen LogP contribution in [-0.2, 0) is 9.53 Å². The fourth-order valence-electron chi connectivity index (χ4n) is 4.42. The van der Waals surface area contributed by atoms with Gasteiger partial charge in [0.25, 0.3) is 0 Å². The van der Waals surface area contributed by atoms with Gasteiger partial charge in [0.05, 0.1) is 5.54 Å². The maximum atomic E-state index is 13.4. The molecule has 0 aliphatic carbocycles. The van der Waals surface area contributed by atoms with Gasteiger partial charge in [0.2, 0.25) is 5.91 Å². The molecule has 8 heteroatoms. The van der Waals surface area contributed by atoms with Crippen LogP contribution in [0.2, 0.25) is 0 Å². The van der Waals surface area contributed by atoms with Crippen molar-refractivity contribution in [3.63, 3.8) is 0 Å². The molecule has 4 rings (SSSR count). The van der Waals surface area contributed by atoms with E-state index >= 15 is 0 Å². The first-order valence-corrected chi connectivity index (χ1v) is 9.93. The standard InChI is InChI=1S/C22H23F2N3O3/c1-13-14(5-6-27-21(29)30-12-22(13,27)2)9-20(28)26-19-4-3-15(11-25-19)16-7-17(23)10-18(24)8-16/h3-4,7-8,10-11,13-14H,5-6,9,12H2,1-2H3,(H,25,26,28). The van der Waals surface area contributed by atoms with Crippen LogP contribution in [0.1, 0.15) is 26.7 Å². The maximum absolute atomic E-state index is 13.4. The number of carbonyl (C=O) groups excluding carboxylic acids is 2. The Hall–Kier alpha value is -3.03. The predicted octanol–water partition coefficient (Wildman–Crippen LogP) is 4.22. The highest BCUT2D eigenvalue weighted by atomic mass is 19.1. The minimum atomic E-state index is -0.661. The fourth-order valence-corrected chi connectivity index (χ4v) is 4.42. The fraction of sp³-hybridized carbons (Fsp3) is 0.409. The van der Waals surface area contributed by atoms with Gasteiger partial charge in [-0.1, -0.05) is 6.92 Å². The zero-order valence-corrected chi connectivity index (χ0v) is 16.8. The molecule has 0 saturated carbocycles. The lowest BCUT2D eigenvalue weighted by Crippen LogP contribution is -2.56. The van der Waals surface area contributed by atoms with Crippen LogP contribution in [0.15, 0.2) is 36.5 Å². The van der Waals surface area contributed by atoms with Gasteiger partial charge in [-0.2, -0.15) is 0 Å². The van der Waals surface area contributed by atoms with Gasteiger partial charge in [-0.05, 0) is 55.0 Å². The summed E-state index contributed by atoms with van der Waals surface area (Å²) in [7, 11) is 0. The molecule has 2 aliphatic heterocycles. The van der Waals surface area contributed by atoms with E-state index in [1.54, 1.807) is 17.0 Å². The Balaban J connectivity index is 1.39. The normalized spacial score (nSPS) is 25.6. The van der Waals surface area contributed by atoms with Crippen LogP contribution in [-0.4, -0.2) is 40.6 Å². The number of rotatable bonds is 4. The minimum Gasteiger partial charge on any atom is -0.447 e. The summed E-state index contributed by atoms with van der Waals surface area (Å²) in [4.78, 5) is 30.4. The maximum Gasteiger partial charge on any atom is 0.410 e. The molecule has 1 aromatic heterocycles. The summed E-state index contributed by atoms with van der Waals surface area (Å²) in [5.74, 6) is -0.879. The number of carbonyl (C=O) groups is 2. The van der Waals surface area contributed by atoms with E-state index in [0.717, 1.165) is 12.5 Å². The molecule has 2 fully saturated rings. The summed E-state index contributed by atoms with van der Waals surface area (Å²) in [6, 6.07) is 6.52. The molecule has 30 heavy (non-hydrogen) atoms. The monoisotopic (exact) mass is 415 g/mol. The first-order chi connectivity index (χ1) is 14.3. The molecule has 0 spiro atoms. The molecule has 0 radical (unpaired) electrons. The first kappa shape index (κ1) is 20.3. The van der Waals surface area contributed by atoms with Gasteiger partial charge in [-0.25, -0.2) is 18.6 Å². The van der Waals surface area contributed by atoms with Gasteiger partial charge in [0.1, 0.15) is 24.1 Å². The van der Waals surface area contributed by atoms with Crippen molar-refractivity contribution in [2.24, 2.45) is 11.8 Å². The first-order valence-electron chi connectivity index (χ1n) is 9.93. The molecular weight excluding hydrogens is 392 g/mol. The Labute approximate surface area is 173 Å². The predicted molar refractivity (Wildman–Crippen MR) is 107 cm³/mol. The number of cyclic esters (lactones) is 1. The Morgan fingerprint density at radius 3 is 2.67 bits per heavy atom. The van der Waals surface area contributed by atoms with Crippen LogP contribution in [0.4, 0.5) is 19.4 Å². The second-order valence-corrected chi connectivity index (χ2v) is 8.24. The van der Waals surface area contributed by atoms with Gasteiger partial charge < -0.3 is 10.1 Å². The number of benzene rings is 1. The molecule has 0 bridgehead atoms. The van der Waals surface area contributed by atoms with Crippen LogP contribution < -0.4 is 5.32 Å². The van der Waals surface area contributed by atoms with Gasteiger partial charge in [0, 0.05) is 30.8 Å². The number of hydrogen-bond acceptors (Lipinski definition) is 4. The molecule has 3 unspecified atom stereocenters. The lowest BCUT2D eigenvalue weighted by molar-refractivity contribution is -0.118. The number of fused-ring (bicyclic) bond motifs is 1. The van der Waals surface area contributed by atoms with Crippen molar-refractivity contribution in [1.82, 2.24) is 9.88 Å². The Morgan fingerprint density at radius 2 is 2.00 bits per heavy atom. The van der Waals surface area contributed by atoms with Gasteiger partial charge in [0.15, 0.2) is 0 Å². The number of hydrogen-bond donors (Lipinski definition) is 1. The van der Waals surface area contributed by atoms with E-state index in [9.17, 15) is 18.4 Å². The van der Waals surface area contributed by atoms with E-state index in [4.69, 9.17) is 4.74 Å². The number of nitrogens with one attached hydrogen (secondary N) is 1.